The van der Waals surface area contributed by atoms with E-state index in [0.717, 1.165) is 29.2 Å². The first-order valence-electron chi connectivity index (χ1n) is 9.12. The van der Waals surface area contributed by atoms with Crippen LogP contribution in [-0.2, 0) is 6.42 Å². The van der Waals surface area contributed by atoms with Crippen molar-refractivity contribution in [3.63, 3.8) is 0 Å². The summed E-state index contributed by atoms with van der Waals surface area (Å²) in [6.07, 6.45) is 0.894. The van der Waals surface area contributed by atoms with E-state index in [1.807, 2.05) is 67.3 Å². The summed E-state index contributed by atoms with van der Waals surface area (Å²) in [7, 11) is 0. The number of fused-ring (bicyclic) bond motifs is 1. The number of aryl methyl sites for hydroxylation is 2. The van der Waals surface area contributed by atoms with E-state index in [1.54, 1.807) is 0 Å². The number of amides is 1. The van der Waals surface area contributed by atoms with Crippen LogP contribution in [0.1, 0.15) is 34.2 Å². The highest BCUT2D eigenvalue weighted by molar-refractivity contribution is 6.07. The van der Waals surface area contributed by atoms with Gasteiger partial charge in [0, 0.05) is 34.4 Å². The maximum Gasteiger partial charge on any atom is 0.258 e. The second-order valence-corrected chi connectivity index (χ2v) is 7.03. The van der Waals surface area contributed by atoms with Crippen molar-refractivity contribution >= 4 is 23.2 Å². The maximum absolute atomic E-state index is 13.1. The number of benzene rings is 2. The summed E-state index contributed by atoms with van der Waals surface area (Å²) in [5.41, 5.74) is 5.60. The number of hydrogen-bond donors (Lipinski definition) is 1. The summed E-state index contributed by atoms with van der Waals surface area (Å²) in [6, 6.07) is 17.7. The molecular formula is C22H22N4O. The maximum atomic E-state index is 13.1. The lowest BCUT2D eigenvalue weighted by molar-refractivity contribution is 0.0981. The average molecular weight is 358 g/mol. The van der Waals surface area contributed by atoms with Crippen LogP contribution in [0.3, 0.4) is 0 Å². The van der Waals surface area contributed by atoms with Crippen molar-refractivity contribution in [1.29, 1.82) is 0 Å². The molecule has 1 atom stereocenters. The Morgan fingerprint density at radius 1 is 1.04 bits per heavy atom. The lowest BCUT2D eigenvalue weighted by Gasteiger charge is -2.23. The van der Waals surface area contributed by atoms with E-state index in [4.69, 9.17) is 0 Å². The molecule has 1 aromatic heterocycles. The van der Waals surface area contributed by atoms with Crippen LogP contribution in [0, 0.1) is 13.8 Å². The monoisotopic (exact) mass is 358 g/mol. The molecule has 5 heteroatoms. The van der Waals surface area contributed by atoms with Crippen molar-refractivity contribution in [2.24, 2.45) is 0 Å². The van der Waals surface area contributed by atoms with E-state index in [0.29, 0.717) is 11.5 Å². The van der Waals surface area contributed by atoms with Gasteiger partial charge in [-0.2, -0.15) is 0 Å². The van der Waals surface area contributed by atoms with Crippen LogP contribution >= 0.6 is 0 Å². The van der Waals surface area contributed by atoms with Gasteiger partial charge in [0.15, 0.2) is 0 Å². The number of anilines is 3. The molecule has 1 aliphatic heterocycles. The molecule has 0 spiro atoms. The van der Waals surface area contributed by atoms with E-state index in [9.17, 15) is 4.79 Å². The van der Waals surface area contributed by atoms with Crippen molar-refractivity contribution in [1.82, 2.24) is 9.97 Å². The molecule has 4 rings (SSSR count). The first-order valence-corrected chi connectivity index (χ1v) is 9.12. The van der Waals surface area contributed by atoms with Crippen LogP contribution in [-0.4, -0.2) is 21.9 Å². The zero-order valence-corrected chi connectivity index (χ0v) is 15.7. The Labute approximate surface area is 159 Å². The summed E-state index contributed by atoms with van der Waals surface area (Å²) in [5, 5.41) is 3.20. The molecule has 1 N–H and O–H groups in total. The fourth-order valence-corrected chi connectivity index (χ4v) is 3.62. The minimum absolute atomic E-state index is 0.0293. The number of carbonyl (C=O) groups excluding carboxylic acids is 1. The highest BCUT2D eigenvalue weighted by Crippen LogP contribution is 2.33. The number of para-hydroxylation sites is 1. The summed E-state index contributed by atoms with van der Waals surface area (Å²) >= 11 is 0. The third-order valence-electron chi connectivity index (χ3n) is 4.80. The van der Waals surface area contributed by atoms with Crippen molar-refractivity contribution in [3.8, 4) is 0 Å². The number of nitrogens with one attached hydrogen (secondary N) is 1. The first kappa shape index (κ1) is 17.2. The van der Waals surface area contributed by atoms with Crippen LogP contribution in [0.25, 0.3) is 0 Å². The predicted octanol–water partition coefficient (Wildman–Crippen LogP) is 4.43. The fourth-order valence-electron chi connectivity index (χ4n) is 3.62. The van der Waals surface area contributed by atoms with E-state index in [1.165, 1.54) is 5.56 Å². The zero-order valence-electron chi connectivity index (χ0n) is 15.7. The largest absolute Gasteiger partial charge is 0.324 e. The number of carbonyl (C=O) groups is 1. The molecule has 27 heavy (non-hydrogen) atoms. The van der Waals surface area contributed by atoms with E-state index in [-0.39, 0.29) is 11.9 Å². The van der Waals surface area contributed by atoms with Crippen LogP contribution in [0.2, 0.25) is 0 Å². The SMILES string of the molecule is Cc1cc(C)nc(Nc2ccc(C(=O)N3c4ccccc4C[C@@H]3C)cc2)n1. The van der Waals surface area contributed by atoms with Crippen LogP contribution in [0.15, 0.2) is 54.6 Å². The summed E-state index contributed by atoms with van der Waals surface area (Å²) in [6.45, 7) is 5.97. The normalized spacial score (nSPS) is 15.5. The van der Waals surface area contributed by atoms with Gasteiger partial charge < -0.3 is 10.2 Å². The third kappa shape index (κ3) is 3.40. The smallest absolute Gasteiger partial charge is 0.258 e. The van der Waals surface area contributed by atoms with Gasteiger partial charge in [0.2, 0.25) is 5.95 Å². The van der Waals surface area contributed by atoms with Gasteiger partial charge in [0.05, 0.1) is 0 Å². The second-order valence-electron chi connectivity index (χ2n) is 7.03. The van der Waals surface area contributed by atoms with E-state index >= 15 is 0 Å². The predicted molar refractivity (Wildman–Crippen MR) is 108 cm³/mol. The Kier molecular flexibility index (Phi) is 4.36. The molecule has 1 amide bonds. The quantitative estimate of drug-likeness (QED) is 0.752. The zero-order chi connectivity index (χ0) is 19.0. The standard InChI is InChI=1S/C22H22N4O/c1-14-12-15(2)24-22(23-14)25-19-10-8-17(9-11-19)21(27)26-16(3)13-18-6-4-5-7-20(18)26/h4-12,16H,13H2,1-3H3,(H,23,24,25)/t16-/m0/s1. The minimum Gasteiger partial charge on any atom is -0.324 e. The van der Waals surface area contributed by atoms with Crippen LogP contribution in [0.5, 0.6) is 0 Å². The summed E-state index contributed by atoms with van der Waals surface area (Å²) in [5.74, 6) is 0.593. The molecule has 2 heterocycles. The van der Waals surface area contributed by atoms with Crippen molar-refractivity contribution in [2.75, 3.05) is 10.2 Å². The van der Waals surface area contributed by atoms with Crippen LogP contribution < -0.4 is 10.2 Å². The molecule has 0 radical (unpaired) electrons. The molecule has 0 unspecified atom stereocenters. The molecule has 1 aliphatic rings. The van der Waals surface area contributed by atoms with Gasteiger partial charge in [-0.25, -0.2) is 9.97 Å². The number of aromatic nitrogens is 2. The van der Waals surface area contributed by atoms with Crippen molar-refractivity contribution in [2.45, 2.75) is 33.2 Å². The summed E-state index contributed by atoms with van der Waals surface area (Å²) in [4.78, 5) is 23.7. The van der Waals surface area contributed by atoms with Gasteiger partial charge in [0.25, 0.3) is 5.91 Å². The third-order valence-corrected chi connectivity index (χ3v) is 4.80. The molecule has 5 nitrogen and oxygen atoms in total. The Balaban J connectivity index is 1.55. The molecule has 2 aromatic carbocycles. The molecule has 0 fully saturated rings. The van der Waals surface area contributed by atoms with Gasteiger partial charge in [-0.15, -0.1) is 0 Å². The van der Waals surface area contributed by atoms with Gasteiger partial charge in [-0.3, -0.25) is 4.79 Å². The molecule has 136 valence electrons. The molecule has 3 aromatic rings. The summed E-state index contributed by atoms with van der Waals surface area (Å²) < 4.78 is 0. The molecular weight excluding hydrogens is 336 g/mol. The molecule has 0 bridgehead atoms. The topological polar surface area (TPSA) is 58.1 Å². The first-order chi connectivity index (χ1) is 13.0. The highest BCUT2D eigenvalue weighted by atomic mass is 16.2. The van der Waals surface area contributed by atoms with Gasteiger partial charge in [0.1, 0.15) is 0 Å². The van der Waals surface area contributed by atoms with Crippen molar-refractivity contribution < 1.29 is 4.79 Å². The Morgan fingerprint density at radius 2 is 1.70 bits per heavy atom. The number of nitrogens with zero attached hydrogens (tertiary/aromatic N) is 3. The number of hydrogen-bond acceptors (Lipinski definition) is 4. The Morgan fingerprint density at radius 3 is 2.41 bits per heavy atom. The molecule has 0 saturated carbocycles. The number of rotatable bonds is 3. The Hall–Kier alpha value is -3.21. The average Bonchev–Trinajstić information content (AvgIpc) is 2.96. The lowest BCUT2D eigenvalue weighted by atomic mass is 10.1. The molecule has 0 saturated heterocycles. The van der Waals surface area contributed by atoms with Gasteiger partial charge in [-0.05, 0) is 69.2 Å². The molecule has 0 aliphatic carbocycles. The second kappa shape index (κ2) is 6.83. The van der Waals surface area contributed by atoms with Crippen molar-refractivity contribution in [3.05, 3.63) is 77.1 Å². The lowest BCUT2D eigenvalue weighted by Crippen LogP contribution is -2.35. The van der Waals surface area contributed by atoms with Crippen LogP contribution in [0.4, 0.5) is 17.3 Å². The highest BCUT2D eigenvalue weighted by Gasteiger charge is 2.31. The Bertz CT molecular complexity index is 977. The van der Waals surface area contributed by atoms with E-state index in [2.05, 4.69) is 28.3 Å². The van der Waals surface area contributed by atoms with Gasteiger partial charge in [-0.1, -0.05) is 18.2 Å². The van der Waals surface area contributed by atoms with Gasteiger partial charge >= 0.3 is 0 Å². The van der Waals surface area contributed by atoms with E-state index < -0.39 is 0 Å². The minimum atomic E-state index is 0.0293. The fraction of sp³-hybridized carbons (Fsp3) is 0.227.